The summed E-state index contributed by atoms with van der Waals surface area (Å²) >= 11 is 3.74. The summed E-state index contributed by atoms with van der Waals surface area (Å²) in [6, 6.07) is 12.3. The number of benzene rings is 2. The van der Waals surface area contributed by atoms with E-state index in [0.29, 0.717) is 10.3 Å². The van der Waals surface area contributed by atoms with Crippen LogP contribution in [0.15, 0.2) is 48.5 Å². The summed E-state index contributed by atoms with van der Waals surface area (Å²) in [5.74, 6) is 0.915. The molecule has 2 heterocycles. The van der Waals surface area contributed by atoms with Gasteiger partial charge in [0.05, 0.1) is 16.1 Å². The summed E-state index contributed by atoms with van der Waals surface area (Å²) < 4.78 is 39.3. The zero-order valence-electron chi connectivity index (χ0n) is 15.8. The molecule has 1 unspecified atom stereocenters. The van der Waals surface area contributed by atoms with Gasteiger partial charge in [-0.3, -0.25) is 9.59 Å². The van der Waals surface area contributed by atoms with Gasteiger partial charge in [0.25, 0.3) is 0 Å². The fourth-order valence-electron chi connectivity index (χ4n) is 3.54. The molecule has 1 N–H and O–H groups in total. The highest BCUT2D eigenvalue weighted by Gasteiger charge is 2.37. The standard InChI is InChI=1S/C21H19F3N2O2S2/c22-21(23,24)15-4-2-6-17(11-15)26-12-14(10-18(26)27)19(28)25-16-5-1-3-13(9-16)20-29-7-8-30-20/h1-6,9,11,14,20H,7-8,10,12H2,(H,25,28). The average molecular weight is 453 g/mol. The van der Waals surface area contributed by atoms with E-state index in [2.05, 4.69) is 5.32 Å². The maximum absolute atomic E-state index is 13.0. The fraction of sp³-hybridized carbons (Fsp3) is 0.333. The lowest BCUT2D eigenvalue weighted by atomic mass is 10.1. The van der Waals surface area contributed by atoms with Gasteiger partial charge in [-0.05, 0) is 35.9 Å². The van der Waals surface area contributed by atoms with Gasteiger partial charge in [-0.15, -0.1) is 23.5 Å². The molecule has 2 aromatic carbocycles. The number of rotatable bonds is 4. The Bertz CT molecular complexity index is 961. The third-order valence-electron chi connectivity index (χ3n) is 5.03. The molecular weight excluding hydrogens is 433 g/mol. The molecule has 9 heteroatoms. The number of hydrogen-bond acceptors (Lipinski definition) is 4. The van der Waals surface area contributed by atoms with E-state index in [9.17, 15) is 22.8 Å². The third-order valence-corrected chi connectivity index (χ3v) is 8.13. The molecule has 0 spiro atoms. The molecule has 0 saturated carbocycles. The summed E-state index contributed by atoms with van der Waals surface area (Å²) in [6.07, 6.45) is -4.52. The van der Waals surface area contributed by atoms with Crippen molar-refractivity contribution in [3.8, 4) is 0 Å². The number of alkyl halides is 3. The number of carbonyl (C=O) groups is 2. The Hall–Kier alpha value is -2.13. The largest absolute Gasteiger partial charge is 0.416 e. The van der Waals surface area contributed by atoms with Gasteiger partial charge in [-0.1, -0.05) is 18.2 Å². The van der Waals surface area contributed by atoms with Crippen molar-refractivity contribution in [2.24, 2.45) is 5.92 Å². The molecular formula is C21H19F3N2O2S2. The number of nitrogens with one attached hydrogen (secondary N) is 1. The number of anilines is 2. The monoisotopic (exact) mass is 452 g/mol. The molecule has 158 valence electrons. The zero-order valence-corrected chi connectivity index (χ0v) is 17.4. The van der Waals surface area contributed by atoms with E-state index in [1.807, 2.05) is 41.7 Å². The van der Waals surface area contributed by atoms with Gasteiger partial charge in [0, 0.05) is 35.8 Å². The molecule has 2 aromatic rings. The Morgan fingerprint density at radius 1 is 1.07 bits per heavy atom. The van der Waals surface area contributed by atoms with Gasteiger partial charge < -0.3 is 10.2 Å². The Kier molecular flexibility index (Phi) is 6.02. The van der Waals surface area contributed by atoms with Crippen molar-refractivity contribution >= 4 is 46.7 Å². The van der Waals surface area contributed by atoms with Crippen LogP contribution in [0.3, 0.4) is 0 Å². The molecule has 2 aliphatic heterocycles. The molecule has 2 aliphatic rings. The number of hydrogen-bond donors (Lipinski definition) is 1. The normalized spacial score (nSPS) is 20.0. The first kappa shape index (κ1) is 21.1. The van der Waals surface area contributed by atoms with E-state index >= 15 is 0 Å². The first-order chi connectivity index (χ1) is 14.3. The SMILES string of the molecule is O=C(Nc1cccc(C2SCCS2)c1)C1CC(=O)N(c2cccc(C(F)(F)F)c2)C1. The Morgan fingerprint density at radius 3 is 2.53 bits per heavy atom. The fourth-order valence-corrected chi connectivity index (χ4v) is 6.38. The van der Waals surface area contributed by atoms with E-state index in [1.165, 1.54) is 17.0 Å². The highest BCUT2D eigenvalue weighted by molar-refractivity contribution is 8.19. The number of halogens is 3. The molecule has 4 rings (SSSR count). The van der Waals surface area contributed by atoms with Gasteiger partial charge in [-0.2, -0.15) is 13.2 Å². The summed E-state index contributed by atoms with van der Waals surface area (Å²) in [4.78, 5) is 26.4. The third kappa shape index (κ3) is 4.62. The van der Waals surface area contributed by atoms with Crippen molar-refractivity contribution in [1.82, 2.24) is 0 Å². The van der Waals surface area contributed by atoms with E-state index in [1.54, 1.807) is 6.07 Å². The zero-order chi connectivity index (χ0) is 21.3. The van der Waals surface area contributed by atoms with Crippen molar-refractivity contribution in [3.05, 3.63) is 59.7 Å². The Balaban J connectivity index is 1.44. The van der Waals surface area contributed by atoms with Gasteiger partial charge in [0.1, 0.15) is 0 Å². The molecule has 2 amide bonds. The van der Waals surface area contributed by atoms with Crippen LogP contribution in [0.25, 0.3) is 0 Å². The van der Waals surface area contributed by atoms with Gasteiger partial charge in [0.15, 0.2) is 0 Å². The molecule has 0 aliphatic carbocycles. The highest BCUT2D eigenvalue weighted by Crippen LogP contribution is 2.45. The predicted octanol–water partition coefficient (Wildman–Crippen LogP) is 5.18. The van der Waals surface area contributed by atoms with Crippen LogP contribution in [-0.4, -0.2) is 29.9 Å². The first-order valence-corrected chi connectivity index (χ1v) is 11.5. The van der Waals surface area contributed by atoms with Crippen LogP contribution < -0.4 is 10.2 Å². The van der Waals surface area contributed by atoms with Crippen LogP contribution in [0.4, 0.5) is 24.5 Å². The highest BCUT2D eigenvalue weighted by atomic mass is 32.2. The minimum Gasteiger partial charge on any atom is -0.326 e. The van der Waals surface area contributed by atoms with Crippen LogP contribution in [0.1, 0.15) is 22.1 Å². The van der Waals surface area contributed by atoms with Crippen LogP contribution in [0, 0.1) is 5.92 Å². The Labute approximate surface area is 180 Å². The lowest BCUT2D eigenvalue weighted by molar-refractivity contribution is -0.137. The number of thioether (sulfide) groups is 2. The first-order valence-electron chi connectivity index (χ1n) is 9.43. The summed E-state index contributed by atoms with van der Waals surface area (Å²) in [5.41, 5.74) is 1.13. The van der Waals surface area contributed by atoms with Gasteiger partial charge in [0.2, 0.25) is 11.8 Å². The molecule has 4 nitrogen and oxygen atoms in total. The molecule has 0 bridgehead atoms. The van der Waals surface area contributed by atoms with Crippen LogP contribution in [0.5, 0.6) is 0 Å². The van der Waals surface area contributed by atoms with Crippen LogP contribution in [0.2, 0.25) is 0 Å². The lowest BCUT2D eigenvalue weighted by Crippen LogP contribution is -2.28. The van der Waals surface area contributed by atoms with E-state index in [0.717, 1.165) is 29.2 Å². The van der Waals surface area contributed by atoms with Gasteiger partial charge >= 0.3 is 6.18 Å². The molecule has 0 aromatic heterocycles. The lowest BCUT2D eigenvalue weighted by Gasteiger charge is -2.18. The second-order valence-electron chi connectivity index (χ2n) is 7.14. The quantitative estimate of drug-likeness (QED) is 0.695. The number of carbonyl (C=O) groups excluding carboxylic acids is 2. The minimum atomic E-state index is -4.49. The van der Waals surface area contributed by atoms with Crippen molar-refractivity contribution < 1.29 is 22.8 Å². The molecule has 2 saturated heterocycles. The maximum Gasteiger partial charge on any atom is 0.416 e. The second-order valence-corrected chi connectivity index (χ2v) is 9.87. The van der Waals surface area contributed by atoms with Crippen LogP contribution >= 0.6 is 23.5 Å². The average Bonchev–Trinajstić information content (AvgIpc) is 3.38. The van der Waals surface area contributed by atoms with E-state index in [4.69, 9.17) is 0 Å². The summed E-state index contributed by atoms with van der Waals surface area (Å²) in [5, 5.41) is 2.86. The molecule has 1 atom stereocenters. The van der Waals surface area contributed by atoms with E-state index < -0.39 is 17.7 Å². The summed E-state index contributed by atoms with van der Waals surface area (Å²) in [6.45, 7) is 0.0556. The Morgan fingerprint density at radius 2 is 1.80 bits per heavy atom. The van der Waals surface area contributed by atoms with Crippen LogP contribution in [-0.2, 0) is 15.8 Å². The maximum atomic E-state index is 13.0. The van der Waals surface area contributed by atoms with E-state index in [-0.39, 0.29) is 30.5 Å². The smallest absolute Gasteiger partial charge is 0.326 e. The molecule has 30 heavy (non-hydrogen) atoms. The molecule has 2 fully saturated rings. The second kappa shape index (κ2) is 8.55. The van der Waals surface area contributed by atoms with Crippen molar-refractivity contribution in [2.45, 2.75) is 17.2 Å². The predicted molar refractivity (Wildman–Crippen MR) is 115 cm³/mol. The summed E-state index contributed by atoms with van der Waals surface area (Å²) in [7, 11) is 0. The molecule has 0 radical (unpaired) electrons. The van der Waals surface area contributed by atoms with Crippen molar-refractivity contribution in [1.29, 1.82) is 0 Å². The number of amides is 2. The minimum absolute atomic E-state index is 0.0316. The number of nitrogens with zero attached hydrogens (tertiary/aromatic N) is 1. The van der Waals surface area contributed by atoms with Crippen molar-refractivity contribution in [2.75, 3.05) is 28.3 Å². The van der Waals surface area contributed by atoms with Gasteiger partial charge in [-0.25, -0.2) is 0 Å². The van der Waals surface area contributed by atoms with Crippen molar-refractivity contribution in [3.63, 3.8) is 0 Å². The topological polar surface area (TPSA) is 49.4 Å².